The van der Waals surface area contributed by atoms with Crippen LogP contribution in [-0.4, -0.2) is 21.9 Å². The Kier molecular flexibility index (Phi) is 3.97. The van der Waals surface area contributed by atoms with Crippen molar-refractivity contribution in [3.63, 3.8) is 0 Å². The molecule has 0 unspecified atom stereocenters. The molecule has 0 fully saturated rings. The number of benzene rings is 2. The van der Waals surface area contributed by atoms with Crippen molar-refractivity contribution in [1.29, 1.82) is 0 Å². The van der Waals surface area contributed by atoms with Gasteiger partial charge in [-0.2, -0.15) is 4.98 Å². The number of nitrogen functional groups attached to an aromatic ring is 1. The van der Waals surface area contributed by atoms with Crippen molar-refractivity contribution >= 4 is 23.5 Å². The highest BCUT2D eigenvalue weighted by Gasteiger charge is 2.31. The predicted molar refractivity (Wildman–Crippen MR) is 98.0 cm³/mol. The Bertz CT molecular complexity index is 893. The second-order valence-corrected chi connectivity index (χ2v) is 6.39. The topological polar surface area (TPSA) is 78.0 Å². The van der Waals surface area contributed by atoms with E-state index in [1.165, 1.54) is 0 Å². The third kappa shape index (κ3) is 2.89. The maximum atomic E-state index is 6.43. The Morgan fingerprint density at radius 2 is 1.96 bits per heavy atom. The number of hydrogen-bond acceptors (Lipinski definition) is 5. The second kappa shape index (κ2) is 6.29. The fourth-order valence-electron chi connectivity index (χ4n) is 3.25. The van der Waals surface area contributed by atoms with Crippen molar-refractivity contribution in [2.24, 2.45) is 0 Å². The summed E-state index contributed by atoms with van der Waals surface area (Å²) in [5, 5.41) is 8.48. The smallest absolute Gasteiger partial charge is 0.241 e. The molecule has 7 heteroatoms. The molecular formula is C18H18ClN5O. The summed E-state index contributed by atoms with van der Waals surface area (Å²) < 4.78 is 7.06. The molecule has 0 amide bonds. The maximum Gasteiger partial charge on any atom is 0.241 e. The summed E-state index contributed by atoms with van der Waals surface area (Å²) in [6, 6.07) is 15.8. The van der Waals surface area contributed by atoms with Crippen LogP contribution in [0.5, 0.6) is 5.75 Å². The lowest BCUT2D eigenvalue weighted by Gasteiger charge is -2.32. The average Bonchev–Trinajstić information content (AvgIpc) is 3.01. The number of nitrogens with one attached hydrogen (secondary N) is 1. The molecule has 2 aromatic carbocycles. The van der Waals surface area contributed by atoms with E-state index in [-0.39, 0.29) is 18.0 Å². The van der Waals surface area contributed by atoms with Crippen LogP contribution >= 0.6 is 11.6 Å². The molecule has 0 saturated carbocycles. The molecule has 1 aliphatic heterocycles. The van der Waals surface area contributed by atoms with Gasteiger partial charge in [0, 0.05) is 5.02 Å². The van der Waals surface area contributed by atoms with Crippen LogP contribution in [-0.2, 0) is 0 Å². The Hall–Kier alpha value is -2.73. The Morgan fingerprint density at radius 3 is 2.68 bits per heavy atom. The molecule has 3 aromatic rings. The summed E-state index contributed by atoms with van der Waals surface area (Å²) in [4.78, 5) is 4.32. The molecule has 1 aliphatic rings. The van der Waals surface area contributed by atoms with E-state index in [1.54, 1.807) is 7.11 Å². The fraction of sp³-hybridized carbons (Fsp3) is 0.222. The first kappa shape index (κ1) is 15.8. The number of nitrogens with two attached hydrogens (primary N) is 1. The first-order valence-electron chi connectivity index (χ1n) is 8.02. The zero-order valence-electron chi connectivity index (χ0n) is 13.7. The minimum atomic E-state index is -0.0400. The normalized spacial score (nSPS) is 19.1. The molecule has 3 N–H and O–H groups in total. The van der Waals surface area contributed by atoms with Crippen molar-refractivity contribution in [1.82, 2.24) is 14.8 Å². The van der Waals surface area contributed by atoms with Crippen molar-refractivity contribution in [2.75, 3.05) is 18.2 Å². The van der Waals surface area contributed by atoms with E-state index in [4.69, 9.17) is 22.1 Å². The Balaban J connectivity index is 1.74. The highest BCUT2D eigenvalue weighted by molar-refractivity contribution is 6.31. The molecule has 0 aliphatic carbocycles. The van der Waals surface area contributed by atoms with Gasteiger partial charge in [0.1, 0.15) is 5.75 Å². The summed E-state index contributed by atoms with van der Waals surface area (Å²) >= 11 is 6.43. The van der Waals surface area contributed by atoms with E-state index < -0.39 is 0 Å². The highest BCUT2D eigenvalue weighted by atomic mass is 35.5. The van der Waals surface area contributed by atoms with Crippen molar-refractivity contribution in [3.05, 3.63) is 64.7 Å². The molecular weight excluding hydrogens is 338 g/mol. The number of nitrogens with zero attached hydrogens (tertiary/aromatic N) is 3. The third-order valence-electron chi connectivity index (χ3n) is 4.49. The molecule has 2 heterocycles. The zero-order chi connectivity index (χ0) is 17.4. The van der Waals surface area contributed by atoms with Gasteiger partial charge in [0.2, 0.25) is 11.9 Å². The van der Waals surface area contributed by atoms with Gasteiger partial charge in [0.25, 0.3) is 0 Å². The molecule has 4 rings (SSSR count). The molecule has 0 bridgehead atoms. The summed E-state index contributed by atoms with van der Waals surface area (Å²) in [5.41, 5.74) is 7.98. The largest absolute Gasteiger partial charge is 0.497 e. The number of fused-ring (bicyclic) bond motifs is 1. The molecule has 25 heavy (non-hydrogen) atoms. The molecule has 128 valence electrons. The van der Waals surface area contributed by atoms with Gasteiger partial charge in [-0.1, -0.05) is 41.9 Å². The fourth-order valence-corrected chi connectivity index (χ4v) is 3.51. The quantitative estimate of drug-likeness (QED) is 0.749. The summed E-state index contributed by atoms with van der Waals surface area (Å²) in [5.74, 6) is 1.72. The SMILES string of the molecule is COc1ccc([C@H]2C[C@@H](c3ccccc3Cl)n3nc(N)nc3N2)cc1. The van der Waals surface area contributed by atoms with Crippen LogP contribution < -0.4 is 15.8 Å². The number of rotatable bonds is 3. The van der Waals surface area contributed by atoms with Gasteiger partial charge < -0.3 is 15.8 Å². The molecule has 1 aromatic heterocycles. The number of hydrogen-bond donors (Lipinski definition) is 2. The molecule has 0 saturated heterocycles. The van der Waals surface area contributed by atoms with Crippen molar-refractivity contribution in [3.8, 4) is 5.75 Å². The van der Waals surface area contributed by atoms with Crippen LogP contribution in [0.4, 0.5) is 11.9 Å². The van der Waals surface area contributed by atoms with E-state index in [0.29, 0.717) is 11.0 Å². The zero-order valence-corrected chi connectivity index (χ0v) is 14.4. The monoisotopic (exact) mass is 355 g/mol. The van der Waals surface area contributed by atoms with Gasteiger partial charge in [-0.05, 0) is 35.7 Å². The summed E-state index contributed by atoms with van der Waals surface area (Å²) in [7, 11) is 1.66. The van der Waals surface area contributed by atoms with Crippen LogP contribution in [0, 0.1) is 0 Å². The van der Waals surface area contributed by atoms with E-state index >= 15 is 0 Å². The van der Waals surface area contributed by atoms with E-state index in [1.807, 2.05) is 41.1 Å². The van der Waals surface area contributed by atoms with Crippen LogP contribution in [0.25, 0.3) is 0 Å². The molecule has 0 radical (unpaired) electrons. The second-order valence-electron chi connectivity index (χ2n) is 5.98. The van der Waals surface area contributed by atoms with Crippen LogP contribution in [0.1, 0.15) is 29.6 Å². The van der Waals surface area contributed by atoms with E-state index in [0.717, 1.165) is 23.3 Å². The number of methoxy groups -OCH3 is 1. The van der Waals surface area contributed by atoms with Crippen molar-refractivity contribution < 1.29 is 4.74 Å². The van der Waals surface area contributed by atoms with E-state index in [9.17, 15) is 0 Å². The van der Waals surface area contributed by atoms with Gasteiger partial charge in [-0.3, -0.25) is 0 Å². The number of halogens is 1. The molecule has 0 spiro atoms. The van der Waals surface area contributed by atoms with Gasteiger partial charge in [0.15, 0.2) is 0 Å². The third-order valence-corrected chi connectivity index (χ3v) is 4.83. The number of anilines is 2. The lowest BCUT2D eigenvalue weighted by Crippen LogP contribution is -2.28. The number of aromatic nitrogens is 3. The Morgan fingerprint density at radius 1 is 1.20 bits per heavy atom. The van der Waals surface area contributed by atoms with Crippen LogP contribution in [0.2, 0.25) is 5.02 Å². The standard InChI is InChI=1S/C18H18ClN5O/c1-25-12-8-6-11(7-9-12)15-10-16(13-4-2-3-5-14(13)19)24-18(21-15)22-17(20)23-24/h2-9,15-16H,10H2,1H3,(H3,20,21,22,23)/t15-,16+/m1/s1. The van der Waals surface area contributed by atoms with Crippen LogP contribution in [0.3, 0.4) is 0 Å². The first-order valence-corrected chi connectivity index (χ1v) is 8.40. The minimum absolute atomic E-state index is 0.0400. The summed E-state index contributed by atoms with van der Waals surface area (Å²) in [6.07, 6.45) is 0.784. The average molecular weight is 356 g/mol. The van der Waals surface area contributed by atoms with Gasteiger partial charge in [0.05, 0.1) is 19.2 Å². The van der Waals surface area contributed by atoms with E-state index in [2.05, 4.69) is 27.5 Å². The van der Waals surface area contributed by atoms with Gasteiger partial charge in [-0.15, -0.1) is 5.10 Å². The predicted octanol–water partition coefficient (Wildman–Crippen LogP) is 3.67. The lowest BCUT2D eigenvalue weighted by molar-refractivity contribution is 0.413. The first-order chi connectivity index (χ1) is 12.2. The number of ether oxygens (including phenoxy) is 1. The maximum absolute atomic E-state index is 6.43. The summed E-state index contributed by atoms with van der Waals surface area (Å²) in [6.45, 7) is 0. The lowest BCUT2D eigenvalue weighted by atomic mass is 9.93. The Labute approximate surface area is 150 Å². The van der Waals surface area contributed by atoms with Crippen molar-refractivity contribution in [2.45, 2.75) is 18.5 Å². The molecule has 2 atom stereocenters. The minimum Gasteiger partial charge on any atom is -0.497 e. The van der Waals surface area contributed by atoms with Gasteiger partial charge >= 0.3 is 0 Å². The molecule has 6 nitrogen and oxygen atoms in total. The van der Waals surface area contributed by atoms with Crippen LogP contribution in [0.15, 0.2) is 48.5 Å². The highest BCUT2D eigenvalue weighted by Crippen LogP contribution is 2.40. The van der Waals surface area contributed by atoms with Gasteiger partial charge in [-0.25, -0.2) is 4.68 Å².